The maximum absolute atomic E-state index is 12.8. The van der Waals surface area contributed by atoms with E-state index in [0.717, 1.165) is 43.9 Å². The van der Waals surface area contributed by atoms with Gasteiger partial charge in [0.25, 0.3) is 0 Å². The highest BCUT2D eigenvalue weighted by atomic mass is 16.5. The van der Waals surface area contributed by atoms with Gasteiger partial charge in [0.15, 0.2) is 0 Å². The van der Waals surface area contributed by atoms with Gasteiger partial charge in [-0.1, -0.05) is 85.0 Å². The van der Waals surface area contributed by atoms with Gasteiger partial charge in [0, 0.05) is 24.7 Å². The molecule has 206 valence electrons. The Hall–Kier alpha value is -0.860. The topological polar surface area (TPSA) is 43.4 Å². The molecule has 4 rings (SSSR count). The number of fused-ring (bicyclic) bond motifs is 5. The van der Waals surface area contributed by atoms with Gasteiger partial charge in [0.2, 0.25) is 0 Å². The summed E-state index contributed by atoms with van der Waals surface area (Å²) in [5.41, 5.74) is 0.531. The molecule has 7 atom stereocenters. The van der Waals surface area contributed by atoms with Crippen molar-refractivity contribution in [2.24, 2.45) is 34.5 Å². The summed E-state index contributed by atoms with van der Waals surface area (Å²) >= 11 is 0. The molecule has 4 aliphatic rings. The SMILES string of the molecule is CCCCCCCCCCCCCC(=O)O[C@@H]1CCC2C3CC[C@H]4CC(=O)CC[C@]4(C)C3CC[C@@]21C. The Balaban J connectivity index is 1.16. The molecule has 36 heavy (non-hydrogen) atoms. The Kier molecular flexibility index (Phi) is 10.0. The highest BCUT2D eigenvalue weighted by molar-refractivity contribution is 5.79. The van der Waals surface area contributed by atoms with Crippen LogP contribution in [0.5, 0.6) is 0 Å². The van der Waals surface area contributed by atoms with E-state index in [1.807, 2.05) is 0 Å². The van der Waals surface area contributed by atoms with Gasteiger partial charge >= 0.3 is 5.97 Å². The summed E-state index contributed by atoms with van der Waals surface area (Å²) in [4.78, 5) is 24.9. The third kappa shape index (κ3) is 6.23. The molecule has 3 nitrogen and oxygen atoms in total. The molecule has 4 saturated carbocycles. The second-order valence-electron chi connectivity index (χ2n) is 13.8. The van der Waals surface area contributed by atoms with Gasteiger partial charge in [-0.2, -0.15) is 0 Å². The van der Waals surface area contributed by atoms with Crippen molar-refractivity contribution in [3.05, 3.63) is 0 Å². The molecular formula is C33H56O3. The number of ketones is 1. The predicted octanol–water partition coefficient (Wildman–Crippen LogP) is 9.21. The molecule has 0 aromatic carbocycles. The minimum absolute atomic E-state index is 0.0568. The number of carbonyl (C=O) groups is 2. The van der Waals surface area contributed by atoms with Gasteiger partial charge in [0.05, 0.1) is 0 Å². The zero-order chi connectivity index (χ0) is 25.6. The van der Waals surface area contributed by atoms with Crippen molar-refractivity contribution in [2.75, 3.05) is 0 Å². The third-order valence-corrected chi connectivity index (χ3v) is 11.7. The van der Waals surface area contributed by atoms with Gasteiger partial charge < -0.3 is 4.74 Å². The Bertz CT molecular complexity index is 730. The minimum Gasteiger partial charge on any atom is -0.462 e. The molecule has 0 amide bonds. The van der Waals surface area contributed by atoms with Crippen LogP contribution in [-0.4, -0.2) is 17.9 Å². The van der Waals surface area contributed by atoms with E-state index in [-0.39, 0.29) is 17.5 Å². The smallest absolute Gasteiger partial charge is 0.306 e. The van der Waals surface area contributed by atoms with Crippen LogP contribution in [0.3, 0.4) is 0 Å². The molecule has 4 aliphatic carbocycles. The molecule has 0 N–H and O–H groups in total. The normalized spacial score (nSPS) is 37.8. The van der Waals surface area contributed by atoms with Crippen LogP contribution in [0.25, 0.3) is 0 Å². The lowest BCUT2D eigenvalue weighted by Crippen LogP contribution is -2.54. The van der Waals surface area contributed by atoms with Crippen molar-refractivity contribution < 1.29 is 14.3 Å². The lowest BCUT2D eigenvalue weighted by atomic mass is 9.45. The summed E-state index contributed by atoms with van der Waals surface area (Å²) in [5, 5.41) is 0. The van der Waals surface area contributed by atoms with Gasteiger partial charge in [-0.25, -0.2) is 0 Å². The molecule has 0 aromatic rings. The van der Waals surface area contributed by atoms with Crippen LogP contribution in [0.1, 0.15) is 156 Å². The summed E-state index contributed by atoms with van der Waals surface area (Å²) in [6.07, 6.45) is 25.2. The van der Waals surface area contributed by atoms with Crippen LogP contribution in [-0.2, 0) is 14.3 Å². The van der Waals surface area contributed by atoms with E-state index in [1.54, 1.807) is 0 Å². The molecule has 0 spiro atoms. The first kappa shape index (κ1) is 28.2. The standard InChI is InChI=1S/C33H56O3/c1-4-5-6-7-8-9-10-11-12-13-14-15-31(35)36-30-19-18-28-27-17-16-25-24-26(34)20-22-32(25,2)29(27)21-23-33(28,30)3/h25,27-30H,4-24H2,1-3H3/t25-,27?,28?,29?,30+,32-,33-/m0/s1. The van der Waals surface area contributed by atoms with Crippen molar-refractivity contribution in [3.63, 3.8) is 0 Å². The monoisotopic (exact) mass is 500 g/mol. The average molecular weight is 501 g/mol. The quantitative estimate of drug-likeness (QED) is 0.187. The second kappa shape index (κ2) is 12.8. The molecule has 3 unspecified atom stereocenters. The van der Waals surface area contributed by atoms with E-state index in [0.29, 0.717) is 29.5 Å². The lowest BCUT2D eigenvalue weighted by molar-refractivity contribution is -0.164. The number of esters is 1. The van der Waals surface area contributed by atoms with Crippen LogP contribution < -0.4 is 0 Å². The summed E-state index contributed by atoms with van der Waals surface area (Å²) < 4.78 is 6.22. The van der Waals surface area contributed by atoms with Crippen LogP contribution in [0.2, 0.25) is 0 Å². The molecular weight excluding hydrogens is 444 g/mol. The van der Waals surface area contributed by atoms with Gasteiger partial charge in [-0.15, -0.1) is 0 Å². The van der Waals surface area contributed by atoms with E-state index in [9.17, 15) is 9.59 Å². The third-order valence-electron chi connectivity index (χ3n) is 11.7. The van der Waals surface area contributed by atoms with Crippen molar-refractivity contribution in [1.82, 2.24) is 0 Å². The number of Topliss-reactive ketones (excluding diaryl/α,β-unsaturated/α-hetero) is 1. The number of ether oxygens (including phenoxy) is 1. The molecule has 0 radical (unpaired) electrons. The molecule has 0 aliphatic heterocycles. The maximum atomic E-state index is 12.8. The van der Waals surface area contributed by atoms with E-state index < -0.39 is 0 Å². The minimum atomic E-state index is 0.0568. The zero-order valence-electron chi connectivity index (χ0n) is 24.0. The Morgan fingerprint density at radius 3 is 2.11 bits per heavy atom. The average Bonchev–Trinajstić information content (AvgIpc) is 3.19. The highest BCUT2D eigenvalue weighted by Crippen LogP contribution is 2.66. The first-order valence-corrected chi connectivity index (χ1v) is 16.1. The number of hydrogen-bond donors (Lipinski definition) is 0. The van der Waals surface area contributed by atoms with Gasteiger partial charge in [0.1, 0.15) is 11.9 Å². The Morgan fingerprint density at radius 1 is 0.778 bits per heavy atom. The van der Waals surface area contributed by atoms with Crippen LogP contribution >= 0.6 is 0 Å². The number of unbranched alkanes of at least 4 members (excludes halogenated alkanes) is 10. The lowest BCUT2D eigenvalue weighted by Gasteiger charge is -2.60. The first-order chi connectivity index (χ1) is 17.4. The van der Waals surface area contributed by atoms with E-state index in [2.05, 4.69) is 20.8 Å². The second-order valence-corrected chi connectivity index (χ2v) is 13.8. The van der Waals surface area contributed by atoms with Crippen molar-refractivity contribution in [3.8, 4) is 0 Å². The molecule has 0 heterocycles. The molecule has 4 fully saturated rings. The fraction of sp³-hybridized carbons (Fsp3) is 0.939. The first-order valence-electron chi connectivity index (χ1n) is 16.1. The van der Waals surface area contributed by atoms with Crippen molar-refractivity contribution >= 4 is 11.8 Å². The number of hydrogen-bond acceptors (Lipinski definition) is 3. The Labute approximate surface area is 222 Å². The van der Waals surface area contributed by atoms with Crippen LogP contribution in [0.15, 0.2) is 0 Å². The zero-order valence-corrected chi connectivity index (χ0v) is 24.0. The summed E-state index contributed by atoms with van der Waals surface area (Å²) in [6.45, 7) is 7.24. The molecule has 3 heteroatoms. The molecule has 0 bridgehead atoms. The summed E-state index contributed by atoms with van der Waals surface area (Å²) in [5.74, 6) is 3.42. The van der Waals surface area contributed by atoms with Crippen LogP contribution in [0, 0.1) is 34.5 Å². The van der Waals surface area contributed by atoms with E-state index >= 15 is 0 Å². The number of carbonyl (C=O) groups excluding carboxylic acids is 2. The predicted molar refractivity (Wildman–Crippen MR) is 148 cm³/mol. The van der Waals surface area contributed by atoms with Gasteiger partial charge in [-0.05, 0) is 80.5 Å². The van der Waals surface area contributed by atoms with Gasteiger partial charge in [-0.3, -0.25) is 9.59 Å². The van der Waals surface area contributed by atoms with Crippen LogP contribution in [0.4, 0.5) is 0 Å². The van der Waals surface area contributed by atoms with E-state index in [4.69, 9.17) is 4.74 Å². The van der Waals surface area contributed by atoms with E-state index in [1.165, 1.54) is 96.3 Å². The highest BCUT2D eigenvalue weighted by Gasteiger charge is 2.61. The molecule has 0 saturated heterocycles. The summed E-state index contributed by atoms with van der Waals surface area (Å²) in [7, 11) is 0. The van der Waals surface area contributed by atoms with Crippen molar-refractivity contribution in [1.29, 1.82) is 0 Å². The molecule has 0 aromatic heterocycles. The Morgan fingerprint density at radius 2 is 1.42 bits per heavy atom. The van der Waals surface area contributed by atoms with Crippen molar-refractivity contribution in [2.45, 2.75) is 162 Å². The number of rotatable bonds is 13. The largest absolute Gasteiger partial charge is 0.462 e. The summed E-state index contributed by atoms with van der Waals surface area (Å²) in [6, 6.07) is 0. The fourth-order valence-corrected chi connectivity index (χ4v) is 9.34. The maximum Gasteiger partial charge on any atom is 0.306 e. The fourth-order valence-electron chi connectivity index (χ4n) is 9.34.